The van der Waals surface area contributed by atoms with Crippen molar-refractivity contribution in [2.24, 2.45) is 5.92 Å². The molecule has 0 radical (unpaired) electrons. The zero-order valence-electron chi connectivity index (χ0n) is 15.0. The SMILES string of the molecule is CCCCCCCCCCCCCCCCCC(C)CS. The summed E-state index contributed by atoms with van der Waals surface area (Å²) in [7, 11) is 0. The van der Waals surface area contributed by atoms with Gasteiger partial charge in [0.05, 0.1) is 0 Å². The van der Waals surface area contributed by atoms with Gasteiger partial charge in [0.2, 0.25) is 0 Å². The summed E-state index contributed by atoms with van der Waals surface area (Å²) in [6, 6.07) is 0. The molecule has 0 amide bonds. The van der Waals surface area contributed by atoms with Gasteiger partial charge in [0.1, 0.15) is 0 Å². The summed E-state index contributed by atoms with van der Waals surface area (Å²) in [6.07, 6.45) is 23.2. The highest BCUT2D eigenvalue weighted by Crippen LogP contribution is 2.15. The lowest BCUT2D eigenvalue weighted by Crippen LogP contribution is -1.95. The van der Waals surface area contributed by atoms with E-state index in [1.165, 1.54) is 103 Å². The van der Waals surface area contributed by atoms with Crippen LogP contribution in [0.3, 0.4) is 0 Å². The van der Waals surface area contributed by atoms with Gasteiger partial charge in [0, 0.05) is 0 Å². The molecular formula is C20H42S. The Morgan fingerprint density at radius 1 is 0.571 bits per heavy atom. The van der Waals surface area contributed by atoms with Crippen molar-refractivity contribution in [1.82, 2.24) is 0 Å². The second-order valence-corrected chi connectivity index (χ2v) is 7.39. The summed E-state index contributed by atoms with van der Waals surface area (Å²) in [5.41, 5.74) is 0. The Kier molecular flexibility index (Phi) is 18.7. The molecule has 0 saturated carbocycles. The number of rotatable bonds is 17. The van der Waals surface area contributed by atoms with E-state index in [-0.39, 0.29) is 0 Å². The summed E-state index contributed by atoms with van der Waals surface area (Å²) in [5.74, 6) is 1.87. The van der Waals surface area contributed by atoms with E-state index in [2.05, 4.69) is 26.5 Å². The number of unbranched alkanes of at least 4 members (excludes halogenated alkanes) is 14. The van der Waals surface area contributed by atoms with Gasteiger partial charge >= 0.3 is 0 Å². The van der Waals surface area contributed by atoms with Gasteiger partial charge in [-0.25, -0.2) is 0 Å². The maximum absolute atomic E-state index is 4.34. The molecule has 0 aromatic carbocycles. The van der Waals surface area contributed by atoms with E-state index < -0.39 is 0 Å². The fourth-order valence-corrected chi connectivity index (χ4v) is 3.14. The molecule has 0 aliphatic rings. The normalized spacial score (nSPS) is 12.7. The standard InChI is InChI=1S/C20H42S/c1-3-4-5-6-7-8-9-10-11-12-13-14-15-16-17-18-20(2)19-21/h20-21H,3-19H2,1-2H3. The lowest BCUT2D eigenvalue weighted by Gasteiger charge is -2.07. The van der Waals surface area contributed by atoms with Gasteiger partial charge in [-0.15, -0.1) is 0 Å². The van der Waals surface area contributed by atoms with Gasteiger partial charge in [-0.05, 0) is 18.1 Å². The summed E-state index contributed by atoms with van der Waals surface area (Å²) < 4.78 is 0. The Morgan fingerprint density at radius 2 is 0.905 bits per heavy atom. The molecule has 0 N–H and O–H groups in total. The molecule has 0 nitrogen and oxygen atoms in total. The van der Waals surface area contributed by atoms with Crippen LogP contribution in [0.4, 0.5) is 0 Å². The van der Waals surface area contributed by atoms with Crippen LogP contribution in [-0.2, 0) is 0 Å². The van der Waals surface area contributed by atoms with Crippen LogP contribution in [0.2, 0.25) is 0 Å². The van der Waals surface area contributed by atoms with Crippen molar-refractivity contribution in [3.05, 3.63) is 0 Å². The third-order valence-corrected chi connectivity index (χ3v) is 5.24. The minimum Gasteiger partial charge on any atom is -0.179 e. The van der Waals surface area contributed by atoms with E-state index in [1.807, 2.05) is 0 Å². The molecule has 0 aliphatic heterocycles. The molecule has 0 aliphatic carbocycles. The maximum Gasteiger partial charge on any atom is -0.00721 e. The third-order valence-electron chi connectivity index (χ3n) is 4.61. The van der Waals surface area contributed by atoms with Crippen molar-refractivity contribution in [2.45, 2.75) is 117 Å². The smallest absolute Gasteiger partial charge is 0.00721 e. The van der Waals surface area contributed by atoms with E-state index in [0.29, 0.717) is 0 Å². The molecule has 0 rings (SSSR count). The fraction of sp³-hybridized carbons (Fsp3) is 1.00. The number of hydrogen-bond acceptors (Lipinski definition) is 1. The van der Waals surface area contributed by atoms with E-state index in [4.69, 9.17) is 0 Å². The molecule has 1 unspecified atom stereocenters. The van der Waals surface area contributed by atoms with Crippen molar-refractivity contribution in [3.63, 3.8) is 0 Å². The first-order valence-corrected chi connectivity index (χ1v) is 10.5. The highest BCUT2D eigenvalue weighted by atomic mass is 32.1. The van der Waals surface area contributed by atoms with Crippen LogP contribution in [0.1, 0.15) is 117 Å². The van der Waals surface area contributed by atoms with Gasteiger partial charge < -0.3 is 0 Å². The molecule has 0 fully saturated rings. The van der Waals surface area contributed by atoms with Crippen LogP contribution in [0.5, 0.6) is 0 Å². The van der Waals surface area contributed by atoms with E-state index in [1.54, 1.807) is 0 Å². The summed E-state index contributed by atoms with van der Waals surface area (Å²) >= 11 is 4.34. The molecule has 0 aromatic rings. The molecule has 0 aromatic heterocycles. The van der Waals surface area contributed by atoms with Crippen molar-refractivity contribution >= 4 is 12.6 Å². The first kappa shape index (κ1) is 21.4. The molecule has 0 spiro atoms. The van der Waals surface area contributed by atoms with Gasteiger partial charge in [0.15, 0.2) is 0 Å². The van der Waals surface area contributed by atoms with Crippen LogP contribution in [0, 0.1) is 5.92 Å². The van der Waals surface area contributed by atoms with Crippen LogP contribution < -0.4 is 0 Å². The summed E-state index contributed by atoms with van der Waals surface area (Å²) in [6.45, 7) is 4.61. The topological polar surface area (TPSA) is 0 Å². The lowest BCUT2D eigenvalue weighted by atomic mass is 10.0. The van der Waals surface area contributed by atoms with Crippen molar-refractivity contribution in [1.29, 1.82) is 0 Å². The van der Waals surface area contributed by atoms with Crippen molar-refractivity contribution in [2.75, 3.05) is 5.75 Å². The van der Waals surface area contributed by atoms with E-state index >= 15 is 0 Å². The second-order valence-electron chi connectivity index (χ2n) is 7.03. The fourth-order valence-electron chi connectivity index (χ4n) is 2.96. The molecule has 0 bridgehead atoms. The Balaban J connectivity index is 2.96. The van der Waals surface area contributed by atoms with Gasteiger partial charge in [-0.3, -0.25) is 0 Å². The molecule has 1 atom stereocenters. The molecule has 21 heavy (non-hydrogen) atoms. The summed E-state index contributed by atoms with van der Waals surface area (Å²) in [4.78, 5) is 0. The average Bonchev–Trinajstić information content (AvgIpc) is 2.50. The van der Waals surface area contributed by atoms with Crippen LogP contribution in [-0.4, -0.2) is 5.75 Å². The first-order chi connectivity index (χ1) is 10.3. The van der Waals surface area contributed by atoms with Gasteiger partial charge in [0.25, 0.3) is 0 Å². The molecule has 1 heteroatoms. The van der Waals surface area contributed by atoms with Crippen LogP contribution in [0.15, 0.2) is 0 Å². The predicted octanol–water partition coefficient (Wildman–Crippen LogP) is 7.81. The monoisotopic (exact) mass is 314 g/mol. The minimum absolute atomic E-state index is 0.815. The zero-order valence-corrected chi connectivity index (χ0v) is 15.9. The number of hydrogen-bond donors (Lipinski definition) is 1. The Bertz CT molecular complexity index is 179. The Morgan fingerprint density at radius 3 is 1.24 bits per heavy atom. The Hall–Kier alpha value is 0.350. The van der Waals surface area contributed by atoms with Crippen LogP contribution >= 0.6 is 12.6 Å². The van der Waals surface area contributed by atoms with Crippen LogP contribution in [0.25, 0.3) is 0 Å². The third kappa shape index (κ3) is 18.3. The minimum atomic E-state index is 0.815. The van der Waals surface area contributed by atoms with Crippen molar-refractivity contribution < 1.29 is 0 Å². The van der Waals surface area contributed by atoms with E-state index in [0.717, 1.165) is 11.7 Å². The Labute approximate surface area is 141 Å². The van der Waals surface area contributed by atoms with Gasteiger partial charge in [-0.2, -0.15) is 12.6 Å². The lowest BCUT2D eigenvalue weighted by molar-refractivity contribution is 0.506. The predicted molar refractivity (Wildman–Crippen MR) is 103 cm³/mol. The number of thiol groups is 1. The second kappa shape index (κ2) is 18.4. The van der Waals surface area contributed by atoms with Crippen molar-refractivity contribution in [3.8, 4) is 0 Å². The van der Waals surface area contributed by atoms with E-state index in [9.17, 15) is 0 Å². The highest BCUT2D eigenvalue weighted by molar-refractivity contribution is 7.80. The first-order valence-electron chi connectivity index (χ1n) is 9.92. The average molecular weight is 315 g/mol. The largest absolute Gasteiger partial charge is 0.179 e. The maximum atomic E-state index is 4.34. The van der Waals surface area contributed by atoms with Gasteiger partial charge in [-0.1, -0.05) is 110 Å². The quantitative estimate of drug-likeness (QED) is 0.205. The molecule has 0 saturated heterocycles. The highest BCUT2D eigenvalue weighted by Gasteiger charge is 1.98. The molecule has 128 valence electrons. The zero-order chi connectivity index (χ0) is 15.6. The molecular weight excluding hydrogens is 272 g/mol. The summed E-state index contributed by atoms with van der Waals surface area (Å²) in [5, 5.41) is 0. The molecule has 0 heterocycles.